The predicted octanol–water partition coefficient (Wildman–Crippen LogP) is 0.133. The molecule has 0 spiro atoms. The molecule has 0 aromatic heterocycles. The van der Waals surface area contributed by atoms with E-state index < -0.39 is 0 Å². The van der Waals surface area contributed by atoms with E-state index in [4.69, 9.17) is 0 Å². The molecule has 4 nitrogen and oxygen atoms in total. The predicted molar refractivity (Wildman–Crippen MR) is 49.1 cm³/mol. The van der Waals surface area contributed by atoms with Crippen molar-refractivity contribution in [3.8, 4) is 0 Å². The summed E-state index contributed by atoms with van der Waals surface area (Å²) >= 11 is 0. The van der Waals surface area contributed by atoms with Crippen LogP contribution in [0.5, 0.6) is 0 Å². The highest BCUT2D eigenvalue weighted by Gasteiger charge is 2.32. The Kier molecular flexibility index (Phi) is 3.28. The zero-order valence-electron chi connectivity index (χ0n) is 8.17. The van der Waals surface area contributed by atoms with E-state index in [-0.39, 0.29) is 17.9 Å². The lowest BCUT2D eigenvalue weighted by atomic mass is 10.2. The van der Waals surface area contributed by atoms with Gasteiger partial charge in [-0.15, -0.1) is 0 Å². The van der Waals surface area contributed by atoms with Crippen LogP contribution < -0.4 is 5.32 Å². The van der Waals surface area contributed by atoms with Gasteiger partial charge in [0.25, 0.3) is 0 Å². The lowest BCUT2D eigenvalue weighted by molar-refractivity contribution is -0.138. The van der Waals surface area contributed by atoms with Crippen molar-refractivity contribution in [3.63, 3.8) is 0 Å². The van der Waals surface area contributed by atoms with Crippen molar-refractivity contribution in [2.45, 2.75) is 32.2 Å². The fourth-order valence-electron chi connectivity index (χ4n) is 1.71. The molecule has 0 radical (unpaired) electrons. The number of carbonyl (C=O) groups excluding carboxylic acids is 2. The van der Waals surface area contributed by atoms with Gasteiger partial charge in [0.1, 0.15) is 6.04 Å². The summed E-state index contributed by atoms with van der Waals surface area (Å²) in [5.74, 6) is 0.0328. The number of likely N-dealkylation sites (N-methyl/N-ethyl adjacent to an activating group) is 1. The molecule has 13 heavy (non-hydrogen) atoms. The molecule has 2 amide bonds. The summed E-state index contributed by atoms with van der Waals surface area (Å²) in [4.78, 5) is 24.4. The van der Waals surface area contributed by atoms with Gasteiger partial charge in [0.15, 0.2) is 0 Å². The van der Waals surface area contributed by atoms with Crippen molar-refractivity contribution in [2.24, 2.45) is 0 Å². The lowest BCUT2D eigenvalue weighted by Gasteiger charge is -2.22. The number of hydrogen-bond donors (Lipinski definition) is 1. The maximum Gasteiger partial charge on any atom is 0.242 e. The van der Waals surface area contributed by atoms with Crippen molar-refractivity contribution in [1.29, 1.82) is 0 Å². The minimum Gasteiger partial charge on any atom is -0.357 e. The highest BCUT2D eigenvalue weighted by Crippen LogP contribution is 2.17. The van der Waals surface area contributed by atoms with Gasteiger partial charge < -0.3 is 10.2 Å². The van der Waals surface area contributed by atoms with Gasteiger partial charge in [0.05, 0.1) is 0 Å². The number of rotatable bonds is 2. The third-order valence-corrected chi connectivity index (χ3v) is 2.42. The Labute approximate surface area is 78.3 Å². The molecule has 1 heterocycles. The second kappa shape index (κ2) is 4.25. The fraction of sp³-hybridized carbons (Fsp3) is 0.778. The zero-order chi connectivity index (χ0) is 9.84. The molecule has 74 valence electrons. The van der Waals surface area contributed by atoms with Gasteiger partial charge in [0, 0.05) is 20.0 Å². The van der Waals surface area contributed by atoms with Crippen LogP contribution in [0.25, 0.3) is 0 Å². The normalized spacial score (nSPS) is 21.7. The third-order valence-electron chi connectivity index (χ3n) is 2.42. The van der Waals surface area contributed by atoms with Gasteiger partial charge in [-0.05, 0) is 12.8 Å². The summed E-state index contributed by atoms with van der Waals surface area (Å²) in [7, 11) is 1.61. The highest BCUT2D eigenvalue weighted by atomic mass is 16.2. The van der Waals surface area contributed by atoms with Gasteiger partial charge in [-0.1, -0.05) is 6.92 Å². The first-order valence-electron chi connectivity index (χ1n) is 4.71. The van der Waals surface area contributed by atoms with Crippen molar-refractivity contribution in [1.82, 2.24) is 10.2 Å². The number of likely N-dealkylation sites (tertiary alicyclic amines) is 1. The average Bonchev–Trinajstić information content (AvgIpc) is 2.63. The molecule has 0 aromatic carbocycles. The molecule has 0 aromatic rings. The first kappa shape index (κ1) is 10.0. The Morgan fingerprint density at radius 3 is 2.77 bits per heavy atom. The minimum atomic E-state index is -0.225. The fourth-order valence-corrected chi connectivity index (χ4v) is 1.71. The number of carbonyl (C=O) groups is 2. The minimum absolute atomic E-state index is 0.0423. The van der Waals surface area contributed by atoms with E-state index in [9.17, 15) is 9.59 Å². The van der Waals surface area contributed by atoms with E-state index in [1.165, 1.54) is 0 Å². The van der Waals surface area contributed by atoms with E-state index in [0.29, 0.717) is 6.42 Å². The van der Waals surface area contributed by atoms with Crippen LogP contribution in [0, 0.1) is 0 Å². The van der Waals surface area contributed by atoms with Crippen molar-refractivity contribution >= 4 is 11.8 Å². The zero-order valence-corrected chi connectivity index (χ0v) is 8.17. The van der Waals surface area contributed by atoms with Gasteiger partial charge >= 0.3 is 0 Å². The molecule has 1 fully saturated rings. The molecule has 1 atom stereocenters. The third kappa shape index (κ3) is 1.99. The average molecular weight is 184 g/mol. The van der Waals surface area contributed by atoms with Gasteiger partial charge in [0.2, 0.25) is 11.8 Å². The Hall–Kier alpha value is -1.06. The number of nitrogens with zero attached hydrogens (tertiary/aromatic N) is 1. The number of hydrogen-bond acceptors (Lipinski definition) is 2. The van der Waals surface area contributed by atoms with Gasteiger partial charge in [-0.2, -0.15) is 0 Å². The molecule has 1 N–H and O–H groups in total. The maximum atomic E-state index is 11.4. The van der Waals surface area contributed by atoms with E-state index in [1.54, 1.807) is 11.9 Å². The standard InChI is InChI=1S/C9H16N2O2/c1-3-8(12)11-6-4-5-7(11)9(13)10-2/h7H,3-6H2,1-2H3,(H,10,13). The molecular formula is C9H16N2O2. The molecule has 0 saturated carbocycles. The van der Waals surface area contributed by atoms with Crippen LogP contribution in [-0.2, 0) is 9.59 Å². The molecule has 4 heteroatoms. The lowest BCUT2D eigenvalue weighted by Crippen LogP contribution is -2.44. The molecule has 0 bridgehead atoms. The Balaban J connectivity index is 2.63. The summed E-state index contributed by atoms with van der Waals surface area (Å²) < 4.78 is 0. The van der Waals surface area contributed by atoms with Crippen LogP contribution in [0.3, 0.4) is 0 Å². The smallest absolute Gasteiger partial charge is 0.242 e. The summed E-state index contributed by atoms with van der Waals surface area (Å²) in [6.45, 7) is 2.55. The van der Waals surface area contributed by atoms with Crippen LogP contribution in [0.4, 0.5) is 0 Å². The molecule has 1 aliphatic heterocycles. The van der Waals surface area contributed by atoms with Crippen molar-refractivity contribution < 1.29 is 9.59 Å². The topological polar surface area (TPSA) is 49.4 Å². The summed E-state index contributed by atoms with van der Waals surface area (Å²) in [5.41, 5.74) is 0. The quantitative estimate of drug-likeness (QED) is 0.663. The Bertz CT molecular complexity index is 194. The summed E-state index contributed by atoms with van der Waals surface area (Å²) in [6.07, 6.45) is 2.21. The van der Waals surface area contributed by atoms with Gasteiger partial charge in [-0.3, -0.25) is 9.59 Å². The van der Waals surface area contributed by atoms with E-state index >= 15 is 0 Å². The van der Waals surface area contributed by atoms with Gasteiger partial charge in [-0.25, -0.2) is 0 Å². The van der Waals surface area contributed by atoms with Crippen molar-refractivity contribution in [3.05, 3.63) is 0 Å². The number of nitrogens with one attached hydrogen (secondary N) is 1. The second-order valence-corrected chi connectivity index (χ2v) is 3.21. The van der Waals surface area contributed by atoms with Crippen LogP contribution in [0.15, 0.2) is 0 Å². The van der Waals surface area contributed by atoms with Crippen LogP contribution in [0.2, 0.25) is 0 Å². The molecular weight excluding hydrogens is 168 g/mol. The molecule has 1 aliphatic rings. The van der Waals surface area contributed by atoms with Crippen LogP contribution in [0.1, 0.15) is 26.2 Å². The first-order chi connectivity index (χ1) is 6.20. The van der Waals surface area contributed by atoms with E-state index in [0.717, 1.165) is 19.4 Å². The molecule has 0 aliphatic carbocycles. The molecule has 1 saturated heterocycles. The monoisotopic (exact) mass is 184 g/mol. The number of amides is 2. The molecule has 1 unspecified atom stereocenters. The summed E-state index contributed by atoms with van der Waals surface area (Å²) in [5, 5.41) is 2.58. The first-order valence-corrected chi connectivity index (χ1v) is 4.71. The van der Waals surface area contributed by atoms with E-state index in [2.05, 4.69) is 5.32 Å². The van der Waals surface area contributed by atoms with Crippen LogP contribution in [-0.4, -0.2) is 36.3 Å². The second-order valence-electron chi connectivity index (χ2n) is 3.21. The maximum absolute atomic E-state index is 11.4. The van der Waals surface area contributed by atoms with E-state index in [1.807, 2.05) is 6.92 Å². The molecule has 1 rings (SSSR count). The Morgan fingerprint density at radius 1 is 1.54 bits per heavy atom. The largest absolute Gasteiger partial charge is 0.357 e. The van der Waals surface area contributed by atoms with Crippen LogP contribution >= 0.6 is 0 Å². The Morgan fingerprint density at radius 2 is 2.23 bits per heavy atom. The summed E-state index contributed by atoms with van der Waals surface area (Å²) in [6, 6.07) is -0.225. The highest BCUT2D eigenvalue weighted by molar-refractivity contribution is 5.87. The SMILES string of the molecule is CCC(=O)N1CCCC1C(=O)NC. The van der Waals surface area contributed by atoms with Crippen molar-refractivity contribution in [2.75, 3.05) is 13.6 Å².